The molecule has 1 aliphatic heterocycles. The Labute approximate surface area is 173 Å². The molecule has 2 atom stereocenters. The predicted octanol–water partition coefficient (Wildman–Crippen LogP) is 3.86. The fraction of sp³-hybridized carbons (Fsp3) is 0.435. The summed E-state index contributed by atoms with van der Waals surface area (Å²) in [5.74, 6) is 0.225. The van der Waals surface area contributed by atoms with Crippen LogP contribution in [0.15, 0.2) is 36.4 Å². The molecule has 1 aromatic heterocycles. The quantitative estimate of drug-likeness (QED) is 0.835. The second-order valence-corrected chi connectivity index (χ2v) is 8.94. The molecule has 6 nitrogen and oxygen atoms in total. The highest BCUT2D eigenvalue weighted by Crippen LogP contribution is 2.55. The van der Waals surface area contributed by atoms with E-state index in [0.29, 0.717) is 23.9 Å². The summed E-state index contributed by atoms with van der Waals surface area (Å²) < 4.78 is 18.7. The number of anilines is 1. The molecule has 7 heteroatoms. The zero-order valence-corrected chi connectivity index (χ0v) is 16.4. The van der Waals surface area contributed by atoms with Crippen LogP contribution in [0.25, 0.3) is 0 Å². The largest absolute Gasteiger partial charge is 0.446 e. The normalized spacial score (nSPS) is 25.0. The molecule has 0 spiro atoms. The molecule has 0 bridgehead atoms. The molecular formula is C23H22FN3O3. The van der Waals surface area contributed by atoms with E-state index < -0.39 is 5.54 Å². The summed E-state index contributed by atoms with van der Waals surface area (Å²) in [6.45, 7) is 0.691. The van der Waals surface area contributed by atoms with Gasteiger partial charge in [0.1, 0.15) is 11.9 Å². The first-order chi connectivity index (χ1) is 14.5. The number of hydrogen-bond donors (Lipinski definition) is 1. The van der Waals surface area contributed by atoms with Crippen LogP contribution in [0, 0.1) is 11.7 Å². The van der Waals surface area contributed by atoms with Gasteiger partial charge in [0.2, 0.25) is 0 Å². The van der Waals surface area contributed by atoms with Crippen molar-refractivity contribution in [1.29, 1.82) is 0 Å². The Kier molecular flexibility index (Phi) is 3.73. The lowest BCUT2D eigenvalue weighted by Gasteiger charge is -2.29. The third kappa shape index (κ3) is 3.04. The van der Waals surface area contributed by atoms with Crippen molar-refractivity contribution in [2.75, 3.05) is 11.4 Å². The Balaban J connectivity index is 1.26. The van der Waals surface area contributed by atoms with Gasteiger partial charge >= 0.3 is 6.09 Å². The number of nitrogens with one attached hydrogen (secondary N) is 1. The molecule has 2 aromatic rings. The lowest BCUT2D eigenvalue weighted by Crippen LogP contribution is -2.38. The van der Waals surface area contributed by atoms with Crippen molar-refractivity contribution < 1.29 is 18.7 Å². The summed E-state index contributed by atoms with van der Waals surface area (Å²) in [5, 5.41) is 3.09. The Morgan fingerprint density at radius 3 is 2.60 bits per heavy atom. The van der Waals surface area contributed by atoms with Crippen molar-refractivity contribution in [3.63, 3.8) is 0 Å². The Bertz CT molecular complexity index is 1050. The molecule has 1 aromatic carbocycles. The van der Waals surface area contributed by atoms with Gasteiger partial charge in [0.15, 0.2) is 0 Å². The van der Waals surface area contributed by atoms with Crippen LogP contribution in [0.5, 0.6) is 0 Å². The van der Waals surface area contributed by atoms with Crippen LogP contribution in [0.3, 0.4) is 0 Å². The number of fused-ring (bicyclic) bond motifs is 3. The number of halogens is 1. The molecule has 2 amide bonds. The number of nitrogens with zero attached hydrogens (tertiary/aromatic N) is 2. The highest BCUT2D eigenvalue weighted by atomic mass is 19.1. The molecule has 154 valence electrons. The van der Waals surface area contributed by atoms with Crippen LogP contribution in [-0.2, 0) is 10.3 Å². The van der Waals surface area contributed by atoms with Crippen LogP contribution < -0.4 is 10.2 Å². The SMILES string of the molecule is O=C(NC1(c2ccc3c(n2)[C@H]2C[C@H]2CN3C(=O)OC2CC2)CC1)c1ccc(F)cc1. The molecule has 2 heterocycles. The number of pyridine rings is 1. The average Bonchev–Trinajstić information content (AvgIpc) is 3.58. The van der Waals surface area contributed by atoms with E-state index in [2.05, 4.69) is 5.32 Å². The summed E-state index contributed by atoms with van der Waals surface area (Å²) in [4.78, 5) is 31.9. The van der Waals surface area contributed by atoms with Gasteiger partial charge in [0.25, 0.3) is 5.91 Å². The minimum absolute atomic E-state index is 0.0708. The smallest absolute Gasteiger partial charge is 0.414 e. The molecule has 3 aliphatic carbocycles. The molecular weight excluding hydrogens is 385 g/mol. The number of amides is 2. The van der Waals surface area contributed by atoms with E-state index in [4.69, 9.17) is 9.72 Å². The van der Waals surface area contributed by atoms with Gasteiger partial charge in [-0.2, -0.15) is 0 Å². The van der Waals surface area contributed by atoms with Crippen molar-refractivity contribution in [2.45, 2.75) is 49.7 Å². The standard InChI is InChI=1S/C23H22FN3O3/c24-15-3-1-13(2-4-15)21(28)26-23(9-10-23)19-8-7-18-20(25-19)17-11-14(17)12-27(18)22(29)30-16-5-6-16/h1-4,7-8,14,16-17H,5-6,9-12H2,(H,26,28)/t14-,17-/m0/s1. The highest BCUT2D eigenvalue weighted by Gasteiger charge is 2.51. The lowest BCUT2D eigenvalue weighted by molar-refractivity contribution is 0.0929. The number of ether oxygens (including phenoxy) is 1. The van der Waals surface area contributed by atoms with Gasteiger partial charge in [-0.3, -0.25) is 14.7 Å². The average molecular weight is 407 g/mol. The monoisotopic (exact) mass is 407 g/mol. The number of hydrogen-bond acceptors (Lipinski definition) is 4. The third-order valence-corrected chi connectivity index (χ3v) is 6.60. The maximum absolute atomic E-state index is 13.1. The Morgan fingerprint density at radius 1 is 1.13 bits per heavy atom. The first-order valence-electron chi connectivity index (χ1n) is 10.6. The summed E-state index contributed by atoms with van der Waals surface area (Å²) >= 11 is 0. The van der Waals surface area contributed by atoms with Crippen LogP contribution in [0.1, 0.15) is 59.8 Å². The van der Waals surface area contributed by atoms with Crippen LogP contribution in [0.2, 0.25) is 0 Å². The van der Waals surface area contributed by atoms with Gasteiger partial charge < -0.3 is 10.1 Å². The molecule has 0 unspecified atom stereocenters. The number of carbonyl (C=O) groups excluding carboxylic acids is 2. The Morgan fingerprint density at radius 2 is 1.90 bits per heavy atom. The van der Waals surface area contributed by atoms with Crippen molar-refractivity contribution >= 4 is 17.7 Å². The highest BCUT2D eigenvalue weighted by molar-refractivity contribution is 5.95. The third-order valence-electron chi connectivity index (χ3n) is 6.60. The van der Waals surface area contributed by atoms with Crippen molar-refractivity contribution in [3.8, 4) is 0 Å². The van der Waals surface area contributed by atoms with E-state index >= 15 is 0 Å². The second-order valence-electron chi connectivity index (χ2n) is 8.94. The van der Waals surface area contributed by atoms with Crippen LogP contribution in [-0.4, -0.2) is 29.6 Å². The topological polar surface area (TPSA) is 71.5 Å². The van der Waals surface area contributed by atoms with Gasteiger partial charge in [0, 0.05) is 18.0 Å². The fourth-order valence-corrected chi connectivity index (χ4v) is 4.38. The van der Waals surface area contributed by atoms with Crippen LogP contribution in [0.4, 0.5) is 14.9 Å². The number of rotatable bonds is 4. The molecule has 6 rings (SSSR count). The number of aromatic nitrogens is 1. The van der Waals surface area contributed by atoms with E-state index in [1.807, 2.05) is 12.1 Å². The summed E-state index contributed by atoms with van der Waals surface area (Å²) in [6, 6.07) is 9.40. The van der Waals surface area contributed by atoms with Crippen molar-refractivity contribution in [3.05, 3.63) is 59.2 Å². The van der Waals surface area contributed by atoms with Crippen molar-refractivity contribution in [1.82, 2.24) is 10.3 Å². The molecule has 3 fully saturated rings. The van der Waals surface area contributed by atoms with E-state index in [0.717, 1.165) is 49.2 Å². The second kappa shape index (κ2) is 6.27. The van der Waals surface area contributed by atoms with Gasteiger partial charge in [0.05, 0.1) is 22.6 Å². The molecule has 1 N–H and O–H groups in total. The van der Waals surface area contributed by atoms with Gasteiger partial charge in [-0.1, -0.05) is 0 Å². The summed E-state index contributed by atoms with van der Waals surface area (Å²) in [6.07, 6.45) is 4.36. The molecule has 0 radical (unpaired) electrons. The first-order valence-corrected chi connectivity index (χ1v) is 10.6. The number of benzene rings is 1. The van der Waals surface area contributed by atoms with Gasteiger partial charge in [-0.15, -0.1) is 0 Å². The minimum Gasteiger partial charge on any atom is -0.446 e. The molecule has 30 heavy (non-hydrogen) atoms. The maximum Gasteiger partial charge on any atom is 0.414 e. The summed E-state index contributed by atoms with van der Waals surface area (Å²) in [7, 11) is 0. The van der Waals surface area contributed by atoms with E-state index in [1.165, 1.54) is 24.3 Å². The summed E-state index contributed by atoms with van der Waals surface area (Å²) in [5.41, 5.74) is 2.56. The minimum atomic E-state index is -0.484. The molecule has 4 aliphatic rings. The van der Waals surface area contributed by atoms with E-state index in [1.54, 1.807) is 4.90 Å². The predicted molar refractivity (Wildman–Crippen MR) is 107 cm³/mol. The first kappa shape index (κ1) is 17.9. The van der Waals surface area contributed by atoms with E-state index in [-0.39, 0.29) is 23.9 Å². The Hall–Kier alpha value is -2.96. The number of carbonyl (C=O) groups is 2. The maximum atomic E-state index is 13.1. The van der Waals surface area contributed by atoms with Gasteiger partial charge in [-0.25, -0.2) is 9.18 Å². The molecule has 0 saturated heterocycles. The zero-order chi connectivity index (χ0) is 20.5. The van der Waals surface area contributed by atoms with Gasteiger partial charge in [-0.05, 0) is 74.4 Å². The van der Waals surface area contributed by atoms with Crippen molar-refractivity contribution in [2.24, 2.45) is 5.92 Å². The zero-order valence-electron chi connectivity index (χ0n) is 16.4. The lowest BCUT2D eigenvalue weighted by atomic mass is 10.0. The molecule has 3 saturated carbocycles. The van der Waals surface area contributed by atoms with Crippen LogP contribution >= 0.6 is 0 Å². The fourth-order valence-electron chi connectivity index (χ4n) is 4.38. The van der Waals surface area contributed by atoms with E-state index in [9.17, 15) is 14.0 Å².